The molecule has 0 heterocycles. The second-order valence-electron chi connectivity index (χ2n) is 3.77. The number of nitrogens with zero attached hydrogens (tertiary/aromatic N) is 1. The van der Waals surface area contributed by atoms with E-state index in [9.17, 15) is 10.1 Å². The molecule has 0 aromatic heterocycles. The fourth-order valence-corrected chi connectivity index (χ4v) is 1.59. The van der Waals surface area contributed by atoms with E-state index in [1.54, 1.807) is 19.2 Å². The van der Waals surface area contributed by atoms with Gasteiger partial charge in [0.25, 0.3) is 5.69 Å². The van der Waals surface area contributed by atoms with Crippen LogP contribution in [0.3, 0.4) is 0 Å². The molecule has 0 bridgehead atoms. The second-order valence-corrected chi connectivity index (χ2v) is 4.15. The number of rotatable bonds is 5. The van der Waals surface area contributed by atoms with Gasteiger partial charge in [0.15, 0.2) is 0 Å². The zero-order valence-corrected chi connectivity index (χ0v) is 10.7. The molecule has 0 radical (unpaired) electrons. The summed E-state index contributed by atoms with van der Waals surface area (Å²) in [7, 11) is 1.61. The first kappa shape index (κ1) is 13.7. The average molecular weight is 259 g/mol. The lowest BCUT2D eigenvalue weighted by Gasteiger charge is -2.21. The Hall–Kier alpha value is -1.33. The van der Waals surface area contributed by atoms with E-state index in [-0.39, 0.29) is 22.9 Å². The topological polar surface area (TPSA) is 64.4 Å². The molecule has 0 saturated heterocycles. The zero-order valence-electron chi connectivity index (χ0n) is 9.94. The van der Waals surface area contributed by atoms with Gasteiger partial charge in [-0.1, -0.05) is 17.7 Å². The number of halogens is 1. The monoisotopic (exact) mass is 258 g/mol. The molecule has 0 aliphatic rings. The van der Waals surface area contributed by atoms with E-state index >= 15 is 0 Å². The highest BCUT2D eigenvalue weighted by molar-refractivity contribution is 6.35. The molecule has 1 rings (SSSR count). The summed E-state index contributed by atoms with van der Waals surface area (Å²) in [6, 6.07) is 4.67. The van der Waals surface area contributed by atoms with Crippen molar-refractivity contribution in [1.82, 2.24) is 0 Å². The van der Waals surface area contributed by atoms with E-state index < -0.39 is 4.92 Å². The standard InChI is InChI=1S/C11H15ClN2O3/c1-7(8(2)17-3)13-9-5-4-6-10(11(9)12)14(15)16/h4-8,13H,1-3H3. The summed E-state index contributed by atoms with van der Waals surface area (Å²) >= 11 is 5.95. The summed E-state index contributed by atoms with van der Waals surface area (Å²) < 4.78 is 5.16. The first-order valence-corrected chi connectivity index (χ1v) is 5.57. The molecular weight excluding hydrogens is 244 g/mol. The number of nitro groups is 1. The smallest absolute Gasteiger partial charge is 0.289 e. The minimum absolute atomic E-state index is 0.000459. The van der Waals surface area contributed by atoms with Crippen molar-refractivity contribution in [1.29, 1.82) is 0 Å². The minimum Gasteiger partial charge on any atom is -0.380 e. The van der Waals surface area contributed by atoms with Gasteiger partial charge in [-0.3, -0.25) is 10.1 Å². The highest BCUT2D eigenvalue weighted by Crippen LogP contribution is 2.32. The lowest BCUT2D eigenvalue weighted by atomic mass is 10.2. The molecule has 1 N–H and O–H groups in total. The molecule has 0 spiro atoms. The van der Waals surface area contributed by atoms with Crippen molar-refractivity contribution in [3.63, 3.8) is 0 Å². The van der Waals surface area contributed by atoms with Crippen LogP contribution in [0.5, 0.6) is 0 Å². The van der Waals surface area contributed by atoms with Crippen LogP contribution in [0.25, 0.3) is 0 Å². The Labute approximate surface area is 105 Å². The van der Waals surface area contributed by atoms with Gasteiger partial charge in [-0.2, -0.15) is 0 Å². The van der Waals surface area contributed by atoms with Gasteiger partial charge in [-0.05, 0) is 19.9 Å². The van der Waals surface area contributed by atoms with Crippen LogP contribution in [0.1, 0.15) is 13.8 Å². The van der Waals surface area contributed by atoms with Gasteiger partial charge in [-0.15, -0.1) is 0 Å². The normalized spacial score (nSPS) is 14.1. The Balaban J connectivity index is 2.92. The molecule has 2 atom stereocenters. The van der Waals surface area contributed by atoms with E-state index in [4.69, 9.17) is 16.3 Å². The summed E-state index contributed by atoms with van der Waals surface area (Å²) in [5.74, 6) is 0. The molecule has 1 aromatic carbocycles. The van der Waals surface area contributed by atoms with Crippen LogP contribution in [-0.4, -0.2) is 24.2 Å². The molecule has 0 saturated carbocycles. The van der Waals surface area contributed by atoms with Gasteiger partial charge in [0.1, 0.15) is 5.02 Å². The number of nitro benzene ring substituents is 1. The molecule has 1 aromatic rings. The molecule has 0 fully saturated rings. The third kappa shape index (κ3) is 3.31. The quantitative estimate of drug-likeness (QED) is 0.651. The Kier molecular flexibility index (Phi) is 4.72. The predicted molar refractivity (Wildman–Crippen MR) is 67.7 cm³/mol. The number of ether oxygens (including phenoxy) is 1. The first-order valence-electron chi connectivity index (χ1n) is 5.19. The van der Waals surface area contributed by atoms with Gasteiger partial charge in [0.05, 0.1) is 16.7 Å². The van der Waals surface area contributed by atoms with Crippen molar-refractivity contribution in [3.05, 3.63) is 33.3 Å². The van der Waals surface area contributed by atoms with Crippen molar-refractivity contribution in [2.45, 2.75) is 26.0 Å². The zero-order chi connectivity index (χ0) is 13.0. The van der Waals surface area contributed by atoms with E-state index in [0.29, 0.717) is 5.69 Å². The third-order valence-electron chi connectivity index (χ3n) is 2.63. The molecule has 6 heteroatoms. The molecule has 0 aliphatic heterocycles. The van der Waals surface area contributed by atoms with Crippen molar-refractivity contribution in [2.75, 3.05) is 12.4 Å². The van der Waals surface area contributed by atoms with Gasteiger partial charge in [-0.25, -0.2) is 0 Å². The first-order chi connectivity index (χ1) is 7.97. The maximum atomic E-state index is 10.7. The van der Waals surface area contributed by atoms with Crippen LogP contribution in [0.15, 0.2) is 18.2 Å². The summed E-state index contributed by atoms with van der Waals surface area (Å²) in [6.45, 7) is 3.83. The molecular formula is C11H15ClN2O3. The van der Waals surface area contributed by atoms with E-state index in [0.717, 1.165) is 0 Å². The van der Waals surface area contributed by atoms with Crippen LogP contribution in [0.4, 0.5) is 11.4 Å². The second kappa shape index (κ2) is 5.84. The van der Waals surface area contributed by atoms with Gasteiger partial charge in [0, 0.05) is 19.2 Å². The number of hydrogen-bond acceptors (Lipinski definition) is 4. The van der Waals surface area contributed by atoms with Gasteiger partial charge in [0.2, 0.25) is 0 Å². The predicted octanol–water partition coefficient (Wildman–Crippen LogP) is 3.08. The average Bonchev–Trinajstić information content (AvgIpc) is 2.30. The molecule has 0 aliphatic carbocycles. The molecule has 2 unspecified atom stereocenters. The number of benzene rings is 1. The summed E-state index contributed by atoms with van der Waals surface area (Å²) in [5.41, 5.74) is 0.436. The fourth-order valence-electron chi connectivity index (χ4n) is 1.34. The Bertz CT molecular complexity index is 412. The lowest BCUT2D eigenvalue weighted by molar-refractivity contribution is -0.384. The number of nitrogens with one attached hydrogen (secondary N) is 1. The van der Waals surface area contributed by atoms with Crippen LogP contribution in [0.2, 0.25) is 5.02 Å². The highest BCUT2D eigenvalue weighted by Gasteiger charge is 2.18. The number of anilines is 1. The Morgan fingerprint density at radius 1 is 1.47 bits per heavy atom. The van der Waals surface area contributed by atoms with Gasteiger partial charge < -0.3 is 10.1 Å². The Morgan fingerprint density at radius 2 is 2.12 bits per heavy atom. The van der Waals surface area contributed by atoms with E-state index in [1.807, 2.05) is 13.8 Å². The van der Waals surface area contributed by atoms with Crippen LogP contribution < -0.4 is 5.32 Å². The molecule has 17 heavy (non-hydrogen) atoms. The minimum atomic E-state index is -0.502. The summed E-state index contributed by atoms with van der Waals surface area (Å²) in [6.07, 6.45) is -0.0228. The third-order valence-corrected chi connectivity index (χ3v) is 3.03. The molecule has 0 amide bonds. The number of methoxy groups -OCH3 is 1. The summed E-state index contributed by atoms with van der Waals surface area (Å²) in [4.78, 5) is 10.2. The number of hydrogen-bond donors (Lipinski definition) is 1. The van der Waals surface area contributed by atoms with Crippen molar-refractivity contribution in [3.8, 4) is 0 Å². The van der Waals surface area contributed by atoms with Crippen molar-refractivity contribution >= 4 is 23.0 Å². The summed E-state index contributed by atoms with van der Waals surface area (Å²) in [5, 5.41) is 13.9. The molecule has 5 nitrogen and oxygen atoms in total. The van der Waals surface area contributed by atoms with Gasteiger partial charge >= 0.3 is 0 Å². The van der Waals surface area contributed by atoms with Crippen LogP contribution >= 0.6 is 11.6 Å². The lowest BCUT2D eigenvalue weighted by Crippen LogP contribution is -2.29. The fraction of sp³-hybridized carbons (Fsp3) is 0.455. The van der Waals surface area contributed by atoms with E-state index in [1.165, 1.54) is 6.07 Å². The SMILES string of the molecule is COC(C)C(C)Nc1cccc([N+](=O)[O-])c1Cl. The Morgan fingerprint density at radius 3 is 2.65 bits per heavy atom. The van der Waals surface area contributed by atoms with Crippen LogP contribution in [-0.2, 0) is 4.74 Å². The molecule has 94 valence electrons. The van der Waals surface area contributed by atoms with E-state index in [2.05, 4.69) is 5.32 Å². The maximum absolute atomic E-state index is 10.7. The largest absolute Gasteiger partial charge is 0.380 e. The highest BCUT2D eigenvalue weighted by atomic mass is 35.5. The maximum Gasteiger partial charge on any atom is 0.289 e. The van der Waals surface area contributed by atoms with Crippen molar-refractivity contribution in [2.24, 2.45) is 0 Å². The van der Waals surface area contributed by atoms with Crippen molar-refractivity contribution < 1.29 is 9.66 Å². The van der Waals surface area contributed by atoms with Crippen LogP contribution in [0, 0.1) is 10.1 Å².